The topological polar surface area (TPSA) is 0 Å². The van der Waals surface area contributed by atoms with Gasteiger partial charge in [-0.2, -0.15) is 0 Å². The Balaban J connectivity index is 0.000000980. The monoisotopic (exact) mass is 457 g/mol. The Kier molecular flexibility index (Phi) is 6.03. The van der Waals surface area contributed by atoms with E-state index in [4.69, 9.17) is 0 Å². The van der Waals surface area contributed by atoms with E-state index in [1.807, 2.05) is 0 Å². The zero-order valence-corrected chi connectivity index (χ0v) is 18.5. The zero-order valence-electron chi connectivity index (χ0n) is 14.5. The van der Waals surface area contributed by atoms with E-state index in [9.17, 15) is 0 Å². The Bertz CT molecular complexity index is 851. The number of hydrogen-bond donors (Lipinski definition) is 0. The van der Waals surface area contributed by atoms with E-state index in [-0.39, 0.29) is 24.8 Å². The molecule has 1 fully saturated rings. The van der Waals surface area contributed by atoms with Crippen molar-refractivity contribution >= 4 is 12.2 Å². The summed E-state index contributed by atoms with van der Waals surface area (Å²) in [5.74, 6) is 1.29. The van der Waals surface area contributed by atoms with Crippen molar-refractivity contribution in [2.45, 2.75) is 34.7 Å². The summed E-state index contributed by atoms with van der Waals surface area (Å²) in [5.41, 5.74) is 6.53. The predicted octanol–water partition coefficient (Wildman–Crippen LogP) is 0.121. The third kappa shape index (κ3) is 3.32. The molecule has 0 saturated heterocycles. The van der Waals surface area contributed by atoms with Crippen LogP contribution in [-0.2, 0) is 24.7 Å². The normalized spacial score (nSPS) is 24.2. The maximum absolute atomic E-state index is 2.49. The third-order valence-corrected chi connectivity index (χ3v) is 7.63. The fourth-order valence-corrected chi connectivity index (χ4v) is 6.49. The first-order valence-electron chi connectivity index (χ1n) is 9.02. The number of allylic oxidation sites excluding steroid dienone is 2. The van der Waals surface area contributed by atoms with Crippen molar-refractivity contribution in [3.05, 3.63) is 82.9 Å². The molecule has 2 aromatic carbocycles. The van der Waals surface area contributed by atoms with Crippen molar-refractivity contribution in [2.75, 3.05) is 0 Å². The van der Waals surface area contributed by atoms with E-state index in [1.54, 1.807) is 35.8 Å². The Morgan fingerprint density at radius 3 is 2.12 bits per heavy atom. The van der Waals surface area contributed by atoms with Crippen molar-refractivity contribution in [2.24, 2.45) is 5.41 Å². The van der Waals surface area contributed by atoms with E-state index in [1.165, 1.54) is 30.4 Å². The van der Waals surface area contributed by atoms with Gasteiger partial charge >= 0.3 is 160 Å². The molecule has 0 aliphatic heterocycles. The molecular formula is C23H21Cl2Zr. The summed E-state index contributed by atoms with van der Waals surface area (Å²) >= 11 is 1.69. The average molecular weight is 460 g/mol. The third-order valence-electron chi connectivity index (χ3n) is 6.25. The van der Waals surface area contributed by atoms with Gasteiger partial charge in [-0.1, -0.05) is 0 Å². The molecule has 3 atom stereocenters. The molecule has 3 aliphatic rings. The van der Waals surface area contributed by atoms with Crippen LogP contribution >= 0.6 is 0 Å². The van der Waals surface area contributed by atoms with Gasteiger partial charge in [-0.05, 0) is 0 Å². The number of halogens is 2. The molecule has 0 aromatic heterocycles. The Morgan fingerprint density at radius 1 is 0.846 bits per heavy atom. The van der Waals surface area contributed by atoms with Gasteiger partial charge in [-0.25, -0.2) is 0 Å². The molecule has 0 N–H and O–H groups in total. The average Bonchev–Trinajstić information content (AvgIpc) is 3.09. The summed E-state index contributed by atoms with van der Waals surface area (Å²) in [6.07, 6.45) is 13.8. The van der Waals surface area contributed by atoms with Crippen molar-refractivity contribution in [1.29, 1.82) is 0 Å². The number of rotatable bonds is 4. The Labute approximate surface area is 183 Å². The van der Waals surface area contributed by atoms with Crippen molar-refractivity contribution in [3.63, 3.8) is 0 Å². The van der Waals surface area contributed by atoms with Crippen LogP contribution < -0.4 is 24.8 Å². The van der Waals surface area contributed by atoms with Crippen LogP contribution in [0.1, 0.15) is 53.4 Å². The molecule has 26 heavy (non-hydrogen) atoms. The molecule has 0 bridgehead atoms. The van der Waals surface area contributed by atoms with Crippen LogP contribution in [0, 0.1) is 5.41 Å². The summed E-state index contributed by atoms with van der Waals surface area (Å²) in [6, 6.07) is 17.9. The molecule has 0 amide bonds. The fourth-order valence-electron chi connectivity index (χ4n) is 4.78. The van der Waals surface area contributed by atoms with Gasteiger partial charge in [0.25, 0.3) is 0 Å². The molecule has 3 unspecified atom stereocenters. The minimum atomic E-state index is 0. The van der Waals surface area contributed by atoms with E-state index in [2.05, 4.69) is 72.8 Å². The second-order valence-electron chi connectivity index (χ2n) is 7.65. The van der Waals surface area contributed by atoms with Gasteiger partial charge < -0.3 is 24.8 Å². The van der Waals surface area contributed by atoms with Gasteiger partial charge in [-0.3, -0.25) is 0 Å². The van der Waals surface area contributed by atoms with Crippen LogP contribution in [0.5, 0.6) is 0 Å². The second-order valence-corrected chi connectivity index (χ2v) is 9.48. The summed E-state index contributed by atoms with van der Waals surface area (Å²) in [5, 5.41) is 0. The molecule has 2 aromatic rings. The SMILES string of the molecule is [Cl-].[Cl-].[Zr+2][CH](CC1(C2C=Cc3ccccc32)CC1)C1C=Cc2ccccc21. The van der Waals surface area contributed by atoms with Crippen molar-refractivity contribution < 1.29 is 49.5 Å². The summed E-state index contributed by atoms with van der Waals surface area (Å²) in [7, 11) is 0. The first kappa shape index (κ1) is 20.1. The van der Waals surface area contributed by atoms with Gasteiger partial charge in [0, 0.05) is 0 Å². The van der Waals surface area contributed by atoms with E-state index < -0.39 is 0 Å². The predicted molar refractivity (Wildman–Crippen MR) is 96.5 cm³/mol. The molecule has 0 nitrogen and oxygen atoms in total. The maximum atomic E-state index is 2.49. The Hall–Kier alpha value is -0.617. The molecule has 3 heteroatoms. The first-order chi connectivity index (χ1) is 11.8. The molecule has 0 radical (unpaired) electrons. The van der Waals surface area contributed by atoms with Crippen LogP contribution in [0.15, 0.2) is 60.7 Å². The Morgan fingerprint density at radius 2 is 1.42 bits per heavy atom. The summed E-state index contributed by atoms with van der Waals surface area (Å²) < 4.78 is 0.792. The molecule has 3 aliphatic carbocycles. The number of fused-ring (bicyclic) bond motifs is 2. The van der Waals surface area contributed by atoms with Gasteiger partial charge in [0.1, 0.15) is 0 Å². The van der Waals surface area contributed by atoms with Crippen LogP contribution in [0.25, 0.3) is 12.2 Å². The van der Waals surface area contributed by atoms with Crippen LogP contribution in [0.3, 0.4) is 0 Å². The summed E-state index contributed by atoms with van der Waals surface area (Å²) in [6.45, 7) is 0. The molecular weight excluding hydrogens is 438 g/mol. The van der Waals surface area contributed by atoms with Gasteiger partial charge in [0.05, 0.1) is 0 Å². The van der Waals surface area contributed by atoms with Crippen molar-refractivity contribution in [1.82, 2.24) is 0 Å². The van der Waals surface area contributed by atoms with Crippen LogP contribution in [0.4, 0.5) is 0 Å². The summed E-state index contributed by atoms with van der Waals surface area (Å²) in [4.78, 5) is 0. The molecule has 0 spiro atoms. The van der Waals surface area contributed by atoms with E-state index in [0.29, 0.717) is 17.3 Å². The standard InChI is InChI=1S/C23H21.2ClH.Zr/c1-3-7-20-17(5-1)9-10-19(20)13-14-23(15-16-23)22-12-11-18-6-2-4-8-21(18)22;;;/h1-13,19,22H,14-16H2;2*1H;/q;;;+2/p-2. The molecule has 1 saturated carbocycles. The minimum absolute atomic E-state index is 0. The number of hydrogen-bond acceptors (Lipinski definition) is 0. The van der Waals surface area contributed by atoms with Gasteiger partial charge in [0.15, 0.2) is 0 Å². The molecule has 131 valence electrons. The first-order valence-corrected chi connectivity index (χ1v) is 10.4. The van der Waals surface area contributed by atoms with Gasteiger partial charge in [0.2, 0.25) is 0 Å². The van der Waals surface area contributed by atoms with Crippen LogP contribution in [0.2, 0.25) is 3.63 Å². The molecule has 5 rings (SSSR count). The number of benzene rings is 2. The van der Waals surface area contributed by atoms with Crippen molar-refractivity contribution in [3.8, 4) is 0 Å². The quantitative estimate of drug-likeness (QED) is 0.610. The zero-order chi connectivity index (χ0) is 16.1. The second kappa shape index (κ2) is 7.78. The van der Waals surface area contributed by atoms with E-state index >= 15 is 0 Å². The van der Waals surface area contributed by atoms with Crippen LogP contribution in [-0.4, -0.2) is 0 Å². The fraction of sp³-hybridized carbons (Fsp3) is 0.304. The van der Waals surface area contributed by atoms with Gasteiger partial charge in [-0.15, -0.1) is 0 Å². The molecule has 0 heterocycles. The van der Waals surface area contributed by atoms with E-state index in [0.717, 1.165) is 3.63 Å².